The number of rotatable bonds is 6. The van der Waals surface area contributed by atoms with Gasteiger partial charge in [0.2, 0.25) is 0 Å². The van der Waals surface area contributed by atoms with Crippen LogP contribution in [0.5, 0.6) is 5.75 Å². The van der Waals surface area contributed by atoms with Gasteiger partial charge in [-0.25, -0.2) is 0 Å². The maximum atomic E-state index is 12.3. The molecule has 1 atom stereocenters. The lowest BCUT2D eigenvalue weighted by atomic mass is 10.1. The van der Waals surface area contributed by atoms with Gasteiger partial charge < -0.3 is 10.1 Å². The minimum absolute atomic E-state index is 0.135. The minimum Gasteiger partial charge on any atom is -0.481 e. The van der Waals surface area contributed by atoms with Crippen LogP contribution in [0.2, 0.25) is 0 Å². The molecule has 2 rings (SSSR count). The van der Waals surface area contributed by atoms with E-state index in [1.807, 2.05) is 55.5 Å². The third-order valence-corrected chi connectivity index (χ3v) is 3.91. The third-order valence-electron chi connectivity index (χ3n) is 3.38. The highest BCUT2D eigenvalue weighted by Gasteiger charge is 2.18. The maximum Gasteiger partial charge on any atom is 0.265 e. The van der Waals surface area contributed by atoms with Crippen molar-refractivity contribution in [2.24, 2.45) is 0 Å². The van der Waals surface area contributed by atoms with E-state index < -0.39 is 6.10 Å². The smallest absolute Gasteiger partial charge is 0.265 e. The molecule has 0 unspecified atom stereocenters. The second-order valence-electron chi connectivity index (χ2n) is 5.01. The van der Waals surface area contributed by atoms with Gasteiger partial charge >= 0.3 is 0 Å². The number of anilines is 1. The van der Waals surface area contributed by atoms with Gasteiger partial charge in [0.05, 0.1) is 0 Å². The summed E-state index contributed by atoms with van der Waals surface area (Å²) in [5.74, 6) is 0.583. The monoisotopic (exact) mass is 361 g/mol. The number of nitrogens with one attached hydrogen (secondary N) is 1. The van der Waals surface area contributed by atoms with E-state index in [2.05, 4.69) is 28.2 Å². The van der Waals surface area contributed by atoms with E-state index in [0.29, 0.717) is 6.42 Å². The van der Waals surface area contributed by atoms with Crippen molar-refractivity contribution in [1.82, 2.24) is 0 Å². The first-order valence-electron chi connectivity index (χ1n) is 7.44. The van der Waals surface area contributed by atoms with Crippen LogP contribution in [0, 0.1) is 0 Å². The first-order valence-corrected chi connectivity index (χ1v) is 8.23. The molecule has 2 aromatic carbocycles. The van der Waals surface area contributed by atoms with Crippen molar-refractivity contribution in [2.45, 2.75) is 32.8 Å². The third kappa shape index (κ3) is 4.60. The van der Waals surface area contributed by atoms with Crippen molar-refractivity contribution in [3.8, 4) is 5.75 Å². The molecule has 0 radical (unpaired) electrons. The van der Waals surface area contributed by atoms with Gasteiger partial charge in [-0.2, -0.15) is 0 Å². The van der Waals surface area contributed by atoms with E-state index >= 15 is 0 Å². The highest BCUT2D eigenvalue weighted by atomic mass is 79.9. The Hall–Kier alpha value is -1.81. The van der Waals surface area contributed by atoms with Crippen molar-refractivity contribution in [3.63, 3.8) is 0 Å². The number of hydrogen-bond acceptors (Lipinski definition) is 2. The lowest BCUT2D eigenvalue weighted by Gasteiger charge is -2.17. The van der Waals surface area contributed by atoms with Crippen LogP contribution in [0.4, 0.5) is 5.69 Å². The van der Waals surface area contributed by atoms with Gasteiger partial charge in [-0.15, -0.1) is 0 Å². The summed E-state index contributed by atoms with van der Waals surface area (Å²) >= 11 is 3.37. The van der Waals surface area contributed by atoms with Gasteiger partial charge in [-0.05, 0) is 54.8 Å². The normalized spacial score (nSPS) is 11.8. The molecule has 0 spiro atoms. The molecule has 3 nitrogen and oxygen atoms in total. The van der Waals surface area contributed by atoms with Crippen molar-refractivity contribution in [3.05, 3.63) is 58.6 Å². The van der Waals surface area contributed by atoms with E-state index in [9.17, 15) is 4.79 Å². The quantitative estimate of drug-likeness (QED) is 0.801. The zero-order valence-electron chi connectivity index (χ0n) is 12.8. The number of ether oxygens (including phenoxy) is 1. The number of halogens is 1. The van der Waals surface area contributed by atoms with Gasteiger partial charge in [-0.1, -0.05) is 41.9 Å². The number of amides is 1. The van der Waals surface area contributed by atoms with Crippen LogP contribution in [0.1, 0.15) is 25.8 Å². The van der Waals surface area contributed by atoms with Crippen LogP contribution in [0.25, 0.3) is 0 Å². The van der Waals surface area contributed by atoms with Crippen LogP contribution >= 0.6 is 15.9 Å². The van der Waals surface area contributed by atoms with Crippen molar-refractivity contribution in [2.75, 3.05) is 5.32 Å². The molecule has 2 aromatic rings. The summed E-state index contributed by atoms with van der Waals surface area (Å²) in [6.07, 6.45) is 1.09. The zero-order valence-corrected chi connectivity index (χ0v) is 14.4. The van der Waals surface area contributed by atoms with Gasteiger partial charge in [0.1, 0.15) is 5.75 Å². The molecule has 0 fully saturated rings. The Morgan fingerprint density at radius 3 is 2.27 bits per heavy atom. The molecule has 116 valence electrons. The van der Waals surface area contributed by atoms with Gasteiger partial charge in [0.15, 0.2) is 6.10 Å². The number of benzene rings is 2. The molecule has 0 saturated carbocycles. The predicted octanol–water partition coefficient (Wildman–Crippen LogP) is 4.81. The predicted molar refractivity (Wildman–Crippen MR) is 93.3 cm³/mol. The zero-order chi connectivity index (χ0) is 15.9. The van der Waals surface area contributed by atoms with Crippen molar-refractivity contribution >= 4 is 27.5 Å². The summed E-state index contributed by atoms with van der Waals surface area (Å²) in [6, 6.07) is 15.4. The van der Waals surface area contributed by atoms with Crippen LogP contribution in [0.15, 0.2) is 53.0 Å². The Kier molecular flexibility index (Phi) is 6.01. The number of aryl methyl sites for hydroxylation is 1. The summed E-state index contributed by atoms with van der Waals surface area (Å²) in [5, 5.41) is 2.88. The fraction of sp³-hybridized carbons (Fsp3) is 0.278. The fourth-order valence-corrected chi connectivity index (χ4v) is 2.31. The molecule has 0 aromatic heterocycles. The first kappa shape index (κ1) is 16.6. The topological polar surface area (TPSA) is 38.3 Å². The average Bonchev–Trinajstić information content (AvgIpc) is 2.55. The van der Waals surface area contributed by atoms with Gasteiger partial charge in [0.25, 0.3) is 5.91 Å². The Bertz CT molecular complexity index is 608. The minimum atomic E-state index is -0.504. The second kappa shape index (κ2) is 7.99. The number of carbonyl (C=O) groups is 1. The van der Waals surface area contributed by atoms with Crippen molar-refractivity contribution < 1.29 is 9.53 Å². The van der Waals surface area contributed by atoms with E-state index in [4.69, 9.17) is 4.74 Å². The Balaban J connectivity index is 2.00. The highest BCUT2D eigenvalue weighted by molar-refractivity contribution is 9.10. The molecule has 0 saturated heterocycles. The lowest BCUT2D eigenvalue weighted by molar-refractivity contribution is -0.122. The van der Waals surface area contributed by atoms with Crippen LogP contribution in [-0.2, 0) is 11.2 Å². The summed E-state index contributed by atoms with van der Waals surface area (Å²) in [6.45, 7) is 4.04. The fourth-order valence-electron chi connectivity index (χ4n) is 2.05. The molecule has 0 heterocycles. The van der Waals surface area contributed by atoms with E-state index in [1.54, 1.807) is 0 Å². The molecule has 0 bridgehead atoms. The maximum absolute atomic E-state index is 12.3. The Morgan fingerprint density at radius 1 is 1.09 bits per heavy atom. The Morgan fingerprint density at radius 2 is 1.73 bits per heavy atom. The molecular weight excluding hydrogens is 342 g/mol. The van der Waals surface area contributed by atoms with Crippen LogP contribution in [-0.4, -0.2) is 12.0 Å². The second-order valence-corrected chi connectivity index (χ2v) is 5.92. The molecular formula is C18H20BrNO2. The SMILES string of the molecule is CCc1ccc(O[C@@H](CC)C(=O)Nc2ccc(Br)cc2)cc1. The van der Waals surface area contributed by atoms with Gasteiger partial charge in [-0.3, -0.25) is 4.79 Å². The molecule has 1 N–H and O–H groups in total. The average molecular weight is 362 g/mol. The summed E-state index contributed by atoms with van der Waals surface area (Å²) in [7, 11) is 0. The summed E-state index contributed by atoms with van der Waals surface area (Å²) < 4.78 is 6.78. The van der Waals surface area contributed by atoms with E-state index in [-0.39, 0.29) is 5.91 Å². The van der Waals surface area contributed by atoms with Crippen molar-refractivity contribution in [1.29, 1.82) is 0 Å². The molecule has 0 aliphatic rings. The summed E-state index contributed by atoms with van der Waals surface area (Å²) in [4.78, 5) is 12.3. The van der Waals surface area contributed by atoms with E-state index in [0.717, 1.165) is 22.3 Å². The Labute approximate surface area is 139 Å². The van der Waals surface area contributed by atoms with Crippen LogP contribution in [0.3, 0.4) is 0 Å². The molecule has 0 aliphatic heterocycles. The first-order chi connectivity index (χ1) is 10.6. The molecule has 22 heavy (non-hydrogen) atoms. The highest BCUT2D eigenvalue weighted by Crippen LogP contribution is 2.18. The van der Waals surface area contributed by atoms with E-state index in [1.165, 1.54) is 5.56 Å². The number of hydrogen-bond donors (Lipinski definition) is 1. The van der Waals surface area contributed by atoms with Gasteiger partial charge in [0, 0.05) is 10.2 Å². The van der Waals surface area contributed by atoms with Crippen LogP contribution < -0.4 is 10.1 Å². The molecule has 4 heteroatoms. The largest absolute Gasteiger partial charge is 0.481 e. The molecule has 0 aliphatic carbocycles. The molecule has 1 amide bonds. The summed E-state index contributed by atoms with van der Waals surface area (Å²) in [5.41, 5.74) is 2.01. The standard InChI is InChI=1S/C18H20BrNO2/c1-3-13-5-11-16(12-6-13)22-17(4-2)18(21)20-15-9-7-14(19)8-10-15/h5-12,17H,3-4H2,1-2H3,(H,20,21)/t17-/m0/s1. The number of carbonyl (C=O) groups excluding carboxylic acids is 1. The lowest BCUT2D eigenvalue weighted by Crippen LogP contribution is -2.32.